The van der Waals surface area contributed by atoms with E-state index in [0.29, 0.717) is 28.4 Å². The van der Waals surface area contributed by atoms with Crippen molar-refractivity contribution in [1.29, 1.82) is 0 Å². The lowest BCUT2D eigenvalue weighted by Gasteiger charge is -2.42. The van der Waals surface area contributed by atoms with Gasteiger partial charge in [-0.3, -0.25) is 4.90 Å². The first-order valence-corrected chi connectivity index (χ1v) is 7.99. The Morgan fingerprint density at radius 2 is 2.26 bits per heavy atom. The summed E-state index contributed by atoms with van der Waals surface area (Å²) in [5.74, 6) is 0.804. The normalized spacial score (nSPS) is 26.4. The minimum atomic E-state index is -0.263. The standard InChI is InChI=1S/C14H20ClFN2S/c1-9-10(2)19-6-5-18(9)14(8-17)12-4-3-11(15)7-13(12)16/h3-4,7,9-10,14H,5-6,8,17H2,1-2H3. The van der Waals surface area contributed by atoms with Crippen molar-refractivity contribution >= 4 is 23.4 Å². The van der Waals surface area contributed by atoms with Crippen LogP contribution < -0.4 is 5.73 Å². The number of hydrogen-bond donors (Lipinski definition) is 1. The molecule has 0 aromatic heterocycles. The van der Waals surface area contributed by atoms with Gasteiger partial charge in [-0.05, 0) is 19.1 Å². The molecule has 5 heteroatoms. The lowest BCUT2D eigenvalue weighted by atomic mass is 10.0. The monoisotopic (exact) mass is 302 g/mol. The first kappa shape index (κ1) is 15.1. The zero-order valence-electron chi connectivity index (χ0n) is 11.3. The number of thioether (sulfide) groups is 1. The Kier molecular flexibility index (Phi) is 5.12. The first-order valence-electron chi connectivity index (χ1n) is 6.57. The summed E-state index contributed by atoms with van der Waals surface area (Å²) in [4.78, 5) is 2.31. The number of hydrogen-bond acceptors (Lipinski definition) is 3. The summed E-state index contributed by atoms with van der Waals surface area (Å²) in [6.45, 7) is 5.76. The zero-order chi connectivity index (χ0) is 14.0. The zero-order valence-corrected chi connectivity index (χ0v) is 12.8. The SMILES string of the molecule is CC1SCCN(C(CN)c2ccc(Cl)cc2F)C1C. The van der Waals surface area contributed by atoms with Crippen LogP contribution in [0.25, 0.3) is 0 Å². The number of rotatable bonds is 3. The molecule has 1 aliphatic rings. The molecule has 2 nitrogen and oxygen atoms in total. The Bertz CT molecular complexity index is 443. The summed E-state index contributed by atoms with van der Waals surface area (Å²) < 4.78 is 14.1. The molecule has 1 heterocycles. The van der Waals surface area contributed by atoms with E-state index in [2.05, 4.69) is 18.7 Å². The van der Waals surface area contributed by atoms with E-state index in [4.69, 9.17) is 17.3 Å². The van der Waals surface area contributed by atoms with Crippen molar-refractivity contribution in [3.63, 3.8) is 0 Å². The highest BCUT2D eigenvalue weighted by molar-refractivity contribution is 8.00. The third-order valence-corrected chi connectivity index (χ3v) is 5.45. The lowest BCUT2D eigenvalue weighted by molar-refractivity contribution is 0.148. The van der Waals surface area contributed by atoms with Gasteiger partial charge in [0.05, 0.1) is 6.04 Å². The molecular formula is C14H20ClFN2S. The van der Waals surface area contributed by atoms with Gasteiger partial charge in [-0.15, -0.1) is 0 Å². The van der Waals surface area contributed by atoms with Gasteiger partial charge >= 0.3 is 0 Å². The van der Waals surface area contributed by atoms with Crippen LogP contribution in [0.15, 0.2) is 18.2 Å². The Hall–Kier alpha value is -0.290. The maximum absolute atomic E-state index is 14.1. The molecule has 0 aliphatic carbocycles. The molecule has 1 aromatic rings. The predicted molar refractivity (Wildman–Crippen MR) is 81.3 cm³/mol. The van der Waals surface area contributed by atoms with E-state index < -0.39 is 0 Å². The predicted octanol–water partition coefficient (Wildman–Crippen LogP) is 3.30. The van der Waals surface area contributed by atoms with Gasteiger partial charge in [-0.25, -0.2) is 4.39 Å². The number of benzene rings is 1. The van der Waals surface area contributed by atoms with E-state index in [9.17, 15) is 4.39 Å². The van der Waals surface area contributed by atoms with Crippen LogP contribution in [0.1, 0.15) is 25.5 Å². The Labute approximate surface area is 123 Å². The molecule has 0 radical (unpaired) electrons. The van der Waals surface area contributed by atoms with E-state index in [0.717, 1.165) is 12.3 Å². The van der Waals surface area contributed by atoms with E-state index in [-0.39, 0.29) is 11.9 Å². The number of nitrogens with two attached hydrogens (primary N) is 1. The van der Waals surface area contributed by atoms with Crippen LogP contribution in [0.5, 0.6) is 0 Å². The quantitative estimate of drug-likeness (QED) is 0.929. The van der Waals surface area contributed by atoms with Gasteiger partial charge in [0.25, 0.3) is 0 Å². The molecule has 0 amide bonds. The Balaban J connectivity index is 2.28. The largest absolute Gasteiger partial charge is 0.329 e. The van der Waals surface area contributed by atoms with Gasteiger partial charge in [0, 0.05) is 40.7 Å². The summed E-state index contributed by atoms with van der Waals surface area (Å²) in [7, 11) is 0. The van der Waals surface area contributed by atoms with Crippen molar-refractivity contribution in [3.05, 3.63) is 34.6 Å². The molecule has 1 aromatic carbocycles. The van der Waals surface area contributed by atoms with Gasteiger partial charge in [-0.2, -0.15) is 11.8 Å². The second-order valence-corrected chi connectivity index (χ2v) is 6.89. The average molecular weight is 303 g/mol. The molecule has 19 heavy (non-hydrogen) atoms. The third-order valence-electron chi connectivity index (χ3n) is 3.88. The van der Waals surface area contributed by atoms with E-state index in [1.165, 1.54) is 6.07 Å². The highest BCUT2D eigenvalue weighted by Crippen LogP contribution is 2.32. The van der Waals surface area contributed by atoms with Crippen LogP contribution in [-0.2, 0) is 0 Å². The number of nitrogens with zero attached hydrogens (tertiary/aromatic N) is 1. The van der Waals surface area contributed by atoms with Crippen molar-refractivity contribution in [2.75, 3.05) is 18.8 Å². The molecular weight excluding hydrogens is 283 g/mol. The maximum Gasteiger partial charge on any atom is 0.129 e. The molecule has 2 N–H and O–H groups in total. The smallest absolute Gasteiger partial charge is 0.129 e. The highest BCUT2D eigenvalue weighted by Gasteiger charge is 2.31. The second kappa shape index (κ2) is 6.44. The molecule has 3 atom stereocenters. The fraction of sp³-hybridized carbons (Fsp3) is 0.571. The van der Waals surface area contributed by atoms with Crippen LogP contribution in [0.4, 0.5) is 4.39 Å². The van der Waals surface area contributed by atoms with E-state index in [1.807, 2.05) is 11.8 Å². The topological polar surface area (TPSA) is 29.3 Å². The van der Waals surface area contributed by atoms with Crippen molar-refractivity contribution < 1.29 is 4.39 Å². The van der Waals surface area contributed by atoms with E-state index in [1.54, 1.807) is 12.1 Å². The molecule has 106 valence electrons. The van der Waals surface area contributed by atoms with Crippen molar-refractivity contribution in [2.24, 2.45) is 5.73 Å². The molecule has 1 fully saturated rings. The van der Waals surface area contributed by atoms with Gasteiger partial charge in [0.1, 0.15) is 5.82 Å². The molecule has 3 unspecified atom stereocenters. The summed E-state index contributed by atoms with van der Waals surface area (Å²) in [5, 5.41) is 0.964. The molecule has 0 bridgehead atoms. The van der Waals surface area contributed by atoms with Crippen LogP contribution in [0, 0.1) is 5.82 Å². The molecule has 0 spiro atoms. The van der Waals surface area contributed by atoms with Crippen molar-refractivity contribution in [2.45, 2.75) is 31.2 Å². The minimum absolute atomic E-state index is 0.0735. The fourth-order valence-electron chi connectivity index (χ4n) is 2.61. The highest BCUT2D eigenvalue weighted by atomic mass is 35.5. The van der Waals surface area contributed by atoms with Crippen LogP contribution >= 0.6 is 23.4 Å². The molecule has 2 rings (SSSR count). The second-order valence-electron chi connectivity index (χ2n) is 4.97. The summed E-state index contributed by atoms with van der Waals surface area (Å²) in [6, 6.07) is 5.17. The fourth-order valence-corrected chi connectivity index (χ4v) is 3.89. The first-order chi connectivity index (χ1) is 9.04. The van der Waals surface area contributed by atoms with Crippen molar-refractivity contribution in [1.82, 2.24) is 4.90 Å². The molecule has 1 saturated heterocycles. The van der Waals surface area contributed by atoms with Crippen molar-refractivity contribution in [3.8, 4) is 0 Å². The molecule has 1 aliphatic heterocycles. The summed E-state index contributed by atoms with van der Waals surface area (Å²) in [6.07, 6.45) is 0. The Morgan fingerprint density at radius 1 is 1.53 bits per heavy atom. The van der Waals surface area contributed by atoms with Gasteiger partial charge in [-0.1, -0.05) is 24.6 Å². The van der Waals surface area contributed by atoms with Gasteiger partial charge in [0.15, 0.2) is 0 Å². The van der Waals surface area contributed by atoms with Crippen LogP contribution in [-0.4, -0.2) is 35.0 Å². The van der Waals surface area contributed by atoms with Gasteiger partial charge in [0.2, 0.25) is 0 Å². The summed E-state index contributed by atoms with van der Waals surface area (Å²) in [5.41, 5.74) is 6.55. The minimum Gasteiger partial charge on any atom is -0.329 e. The number of halogens is 2. The third kappa shape index (κ3) is 3.24. The molecule has 0 saturated carbocycles. The maximum atomic E-state index is 14.1. The van der Waals surface area contributed by atoms with E-state index >= 15 is 0 Å². The van der Waals surface area contributed by atoms with Gasteiger partial charge < -0.3 is 5.73 Å². The van der Waals surface area contributed by atoms with Crippen LogP contribution in [0.2, 0.25) is 5.02 Å². The summed E-state index contributed by atoms with van der Waals surface area (Å²) >= 11 is 7.78. The lowest BCUT2D eigenvalue weighted by Crippen LogP contribution is -2.48. The average Bonchev–Trinajstić information content (AvgIpc) is 2.37. The Morgan fingerprint density at radius 3 is 2.89 bits per heavy atom. The van der Waals surface area contributed by atoms with Crippen LogP contribution in [0.3, 0.4) is 0 Å².